The SMILES string of the molecule is CS(=O)(=O)CCC(N)C(=O)OC1CCCc2ccccc21. The number of nitrogens with two attached hydrogens (primary N) is 1. The lowest BCUT2D eigenvalue weighted by Crippen LogP contribution is -2.35. The zero-order chi connectivity index (χ0) is 15.5. The molecule has 0 aromatic heterocycles. The summed E-state index contributed by atoms with van der Waals surface area (Å²) < 4.78 is 27.7. The molecule has 2 rings (SSSR count). The van der Waals surface area contributed by atoms with E-state index in [0.717, 1.165) is 31.1 Å². The zero-order valence-electron chi connectivity index (χ0n) is 12.1. The number of carbonyl (C=O) groups is 1. The Labute approximate surface area is 125 Å². The number of benzene rings is 1. The molecule has 0 bridgehead atoms. The number of hydrogen-bond donors (Lipinski definition) is 1. The van der Waals surface area contributed by atoms with E-state index in [1.807, 2.05) is 24.3 Å². The maximum absolute atomic E-state index is 12.0. The van der Waals surface area contributed by atoms with Gasteiger partial charge >= 0.3 is 5.97 Å². The van der Waals surface area contributed by atoms with Crippen LogP contribution in [-0.2, 0) is 25.8 Å². The molecule has 0 amide bonds. The van der Waals surface area contributed by atoms with Gasteiger partial charge in [0.15, 0.2) is 0 Å². The molecule has 1 aromatic carbocycles. The van der Waals surface area contributed by atoms with E-state index in [1.165, 1.54) is 5.56 Å². The molecule has 0 saturated carbocycles. The molecule has 6 heteroatoms. The predicted molar refractivity (Wildman–Crippen MR) is 80.5 cm³/mol. The third-order valence-corrected chi connectivity index (χ3v) is 4.65. The highest BCUT2D eigenvalue weighted by Gasteiger charge is 2.26. The minimum absolute atomic E-state index is 0.0893. The van der Waals surface area contributed by atoms with Crippen molar-refractivity contribution >= 4 is 15.8 Å². The second-order valence-electron chi connectivity index (χ2n) is 5.54. The van der Waals surface area contributed by atoms with Crippen molar-refractivity contribution < 1.29 is 17.9 Å². The molecule has 0 spiro atoms. The molecule has 0 saturated heterocycles. The number of aryl methyl sites for hydroxylation is 1. The van der Waals surface area contributed by atoms with Crippen molar-refractivity contribution in [2.24, 2.45) is 5.73 Å². The molecular weight excluding hydrogens is 290 g/mol. The van der Waals surface area contributed by atoms with E-state index in [0.29, 0.717) is 0 Å². The van der Waals surface area contributed by atoms with Crippen LogP contribution in [0.3, 0.4) is 0 Å². The molecule has 0 radical (unpaired) electrons. The highest BCUT2D eigenvalue weighted by molar-refractivity contribution is 7.90. The van der Waals surface area contributed by atoms with E-state index >= 15 is 0 Å². The Hall–Kier alpha value is -1.40. The third-order valence-electron chi connectivity index (χ3n) is 3.68. The molecule has 116 valence electrons. The first-order chi connectivity index (χ1) is 9.87. The van der Waals surface area contributed by atoms with Crippen LogP contribution >= 0.6 is 0 Å². The van der Waals surface area contributed by atoms with Crippen LogP contribution < -0.4 is 5.73 Å². The number of rotatable bonds is 5. The number of ether oxygens (including phenoxy) is 1. The summed E-state index contributed by atoms with van der Waals surface area (Å²) in [6.45, 7) is 0. The molecule has 21 heavy (non-hydrogen) atoms. The van der Waals surface area contributed by atoms with E-state index in [4.69, 9.17) is 10.5 Å². The highest BCUT2D eigenvalue weighted by Crippen LogP contribution is 2.32. The predicted octanol–water partition coefficient (Wildman–Crippen LogP) is 1.37. The molecule has 0 aliphatic heterocycles. The molecule has 1 aliphatic rings. The Kier molecular flexibility index (Phi) is 5.00. The Morgan fingerprint density at radius 1 is 1.43 bits per heavy atom. The van der Waals surface area contributed by atoms with Gasteiger partial charge in [0.2, 0.25) is 0 Å². The molecule has 1 aliphatic carbocycles. The van der Waals surface area contributed by atoms with Gasteiger partial charge in [-0.1, -0.05) is 24.3 Å². The second-order valence-corrected chi connectivity index (χ2v) is 7.80. The average Bonchev–Trinajstić information content (AvgIpc) is 2.44. The van der Waals surface area contributed by atoms with Crippen molar-refractivity contribution in [2.45, 2.75) is 37.8 Å². The minimum atomic E-state index is -3.12. The smallest absolute Gasteiger partial charge is 0.323 e. The van der Waals surface area contributed by atoms with Gasteiger partial charge in [-0.3, -0.25) is 4.79 Å². The van der Waals surface area contributed by atoms with Crippen LogP contribution in [0, 0.1) is 0 Å². The van der Waals surface area contributed by atoms with E-state index in [2.05, 4.69) is 0 Å². The Morgan fingerprint density at radius 3 is 2.86 bits per heavy atom. The van der Waals surface area contributed by atoms with Gasteiger partial charge in [0.1, 0.15) is 22.0 Å². The largest absolute Gasteiger partial charge is 0.456 e. The maximum Gasteiger partial charge on any atom is 0.323 e. The number of hydrogen-bond acceptors (Lipinski definition) is 5. The van der Waals surface area contributed by atoms with Crippen LogP contribution in [0.5, 0.6) is 0 Å². The summed E-state index contributed by atoms with van der Waals surface area (Å²) in [6.07, 6.45) is 3.68. The topological polar surface area (TPSA) is 86.5 Å². The monoisotopic (exact) mass is 311 g/mol. The van der Waals surface area contributed by atoms with Crippen molar-refractivity contribution in [1.29, 1.82) is 0 Å². The normalized spacial score (nSPS) is 19.6. The summed E-state index contributed by atoms with van der Waals surface area (Å²) in [7, 11) is -3.12. The van der Waals surface area contributed by atoms with E-state index in [9.17, 15) is 13.2 Å². The quantitative estimate of drug-likeness (QED) is 0.830. The Bertz CT molecular complexity index is 612. The van der Waals surface area contributed by atoms with Gasteiger partial charge in [-0.05, 0) is 36.8 Å². The van der Waals surface area contributed by atoms with Gasteiger partial charge in [0.25, 0.3) is 0 Å². The first-order valence-electron chi connectivity index (χ1n) is 7.08. The highest BCUT2D eigenvalue weighted by atomic mass is 32.2. The standard InChI is InChI=1S/C15H21NO4S/c1-21(18,19)10-9-13(16)15(17)20-14-8-4-6-11-5-2-3-7-12(11)14/h2-3,5,7,13-14H,4,6,8-10,16H2,1H3. The summed E-state index contributed by atoms with van der Waals surface area (Å²) in [6, 6.07) is 7.01. The Morgan fingerprint density at radius 2 is 2.14 bits per heavy atom. The number of sulfone groups is 1. The van der Waals surface area contributed by atoms with Crippen molar-refractivity contribution in [1.82, 2.24) is 0 Å². The van der Waals surface area contributed by atoms with Gasteiger partial charge in [-0.2, -0.15) is 0 Å². The molecule has 2 N–H and O–H groups in total. The molecule has 2 atom stereocenters. The first kappa shape index (κ1) is 16.0. The Balaban J connectivity index is 1.97. The maximum atomic E-state index is 12.0. The average molecular weight is 311 g/mol. The summed E-state index contributed by atoms with van der Waals surface area (Å²) in [5, 5.41) is 0. The van der Waals surface area contributed by atoms with E-state index < -0.39 is 21.8 Å². The van der Waals surface area contributed by atoms with Crippen LogP contribution in [0.4, 0.5) is 0 Å². The fourth-order valence-electron chi connectivity index (χ4n) is 2.52. The first-order valence-corrected chi connectivity index (χ1v) is 9.14. The zero-order valence-corrected chi connectivity index (χ0v) is 12.9. The van der Waals surface area contributed by atoms with E-state index in [1.54, 1.807) is 0 Å². The van der Waals surface area contributed by atoms with Gasteiger partial charge in [0.05, 0.1) is 5.75 Å². The lowest BCUT2D eigenvalue weighted by Gasteiger charge is -2.26. The van der Waals surface area contributed by atoms with Crippen LogP contribution in [0.2, 0.25) is 0 Å². The van der Waals surface area contributed by atoms with Crippen LogP contribution in [0.1, 0.15) is 36.5 Å². The second kappa shape index (κ2) is 6.58. The van der Waals surface area contributed by atoms with Crippen molar-refractivity contribution in [3.8, 4) is 0 Å². The molecule has 0 heterocycles. The van der Waals surface area contributed by atoms with Crippen LogP contribution in [0.25, 0.3) is 0 Å². The van der Waals surface area contributed by atoms with Gasteiger partial charge in [-0.15, -0.1) is 0 Å². The molecule has 0 fully saturated rings. The lowest BCUT2D eigenvalue weighted by atomic mass is 9.89. The van der Waals surface area contributed by atoms with Gasteiger partial charge < -0.3 is 10.5 Å². The summed E-state index contributed by atoms with van der Waals surface area (Å²) in [5.74, 6) is -0.634. The van der Waals surface area contributed by atoms with Crippen molar-refractivity contribution in [3.63, 3.8) is 0 Å². The third kappa shape index (κ3) is 4.54. The number of carbonyl (C=O) groups excluding carboxylic acids is 1. The fraction of sp³-hybridized carbons (Fsp3) is 0.533. The fourth-order valence-corrected chi connectivity index (χ4v) is 3.20. The van der Waals surface area contributed by atoms with Crippen LogP contribution in [0.15, 0.2) is 24.3 Å². The van der Waals surface area contributed by atoms with Crippen molar-refractivity contribution in [3.05, 3.63) is 35.4 Å². The molecular formula is C15H21NO4S. The lowest BCUT2D eigenvalue weighted by molar-refractivity contribution is -0.151. The summed E-state index contributed by atoms with van der Waals surface area (Å²) in [5.41, 5.74) is 7.96. The summed E-state index contributed by atoms with van der Waals surface area (Å²) >= 11 is 0. The van der Waals surface area contributed by atoms with Crippen molar-refractivity contribution in [2.75, 3.05) is 12.0 Å². The van der Waals surface area contributed by atoms with E-state index in [-0.39, 0.29) is 18.3 Å². The molecule has 2 unspecified atom stereocenters. The molecule has 5 nitrogen and oxygen atoms in total. The van der Waals surface area contributed by atoms with Gasteiger partial charge in [-0.25, -0.2) is 8.42 Å². The summed E-state index contributed by atoms with van der Waals surface area (Å²) in [4.78, 5) is 12.0. The van der Waals surface area contributed by atoms with Crippen LogP contribution in [-0.4, -0.2) is 32.4 Å². The van der Waals surface area contributed by atoms with Gasteiger partial charge in [0, 0.05) is 6.26 Å². The molecule has 1 aromatic rings. The number of esters is 1. The minimum Gasteiger partial charge on any atom is -0.456 e. The number of fused-ring (bicyclic) bond motifs is 1.